The lowest BCUT2D eigenvalue weighted by molar-refractivity contribution is -0.384. The number of nitro benzene ring substituents is 1. The maximum Gasteiger partial charge on any atom is 0.331 e. The number of terminal acetylenes is 1. The summed E-state index contributed by atoms with van der Waals surface area (Å²) in [5.41, 5.74) is 1.62. The highest BCUT2D eigenvalue weighted by Crippen LogP contribution is 2.27. The molecule has 0 aliphatic heterocycles. The summed E-state index contributed by atoms with van der Waals surface area (Å²) in [5, 5.41) is 10.6. The maximum atomic E-state index is 11.4. The molecule has 0 radical (unpaired) electrons. The molecule has 2 aromatic rings. The van der Waals surface area contributed by atoms with Crippen LogP contribution in [-0.4, -0.2) is 17.5 Å². The van der Waals surface area contributed by atoms with Crippen molar-refractivity contribution in [3.8, 4) is 18.1 Å². The Morgan fingerprint density at radius 2 is 2.00 bits per heavy atom. The van der Waals surface area contributed by atoms with E-state index in [0.717, 1.165) is 11.1 Å². The molecule has 0 atom stereocenters. The molecule has 2 rings (SSSR count). The third-order valence-electron chi connectivity index (χ3n) is 3.21. The first-order valence-electron chi connectivity index (χ1n) is 7.43. The van der Waals surface area contributed by atoms with Gasteiger partial charge in [0.15, 0.2) is 6.61 Å². The molecule has 0 bridgehead atoms. The highest BCUT2D eigenvalue weighted by molar-refractivity contribution is 9.10. The van der Waals surface area contributed by atoms with Crippen molar-refractivity contribution >= 4 is 33.7 Å². The Morgan fingerprint density at radius 1 is 1.27 bits per heavy atom. The predicted octanol–water partition coefficient (Wildman–Crippen LogP) is 4.13. The van der Waals surface area contributed by atoms with E-state index in [1.807, 2.05) is 0 Å². The average molecular weight is 416 g/mol. The summed E-state index contributed by atoms with van der Waals surface area (Å²) in [6.45, 7) is 0.201. The van der Waals surface area contributed by atoms with Gasteiger partial charge in [0, 0.05) is 18.2 Å². The third-order valence-corrected chi connectivity index (χ3v) is 3.83. The molecular weight excluding hydrogens is 402 g/mol. The molecule has 0 unspecified atom stereocenters. The first-order chi connectivity index (χ1) is 12.5. The standard InChI is InChI=1S/C19H14BrNO5/c1-2-11-25-19(22)10-6-14-5-9-18(17(20)12-14)26-13-15-3-7-16(8-4-15)21(23)24/h1,3-10,12H,11,13H2/b10-6+. The lowest BCUT2D eigenvalue weighted by Gasteiger charge is -2.09. The average Bonchev–Trinajstić information content (AvgIpc) is 2.64. The summed E-state index contributed by atoms with van der Waals surface area (Å²) in [6, 6.07) is 11.5. The fourth-order valence-corrected chi connectivity index (χ4v) is 2.45. The molecule has 0 amide bonds. The molecule has 6 nitrogen and oxygen atoms in total. The number of carbonyl (C=O) groups is 1. The van der Waals surface area contributed by atoms with Crippen molar-refractivity contribution in [3.63, 3.8) is 0 Å². The number of non-ortho nitro benzene ring substituents is 1. The number of benzene rings is 2. The van der Waals surface area contributed by atoms with Gasteiger partial charge in [0.25, 0.3) is 5.69 Å². The van der Waals surface area contributed by atoms with Crippen LogP contribution in [-0.2, 0) is 16.1 Å². The van der Waals surface area contributed by atoms with Crippen LogP contribution in [0.2, 0.25) is 0 Å². The Bertz CT molecular complexity index is 868. The number of hydrogen-bond acceptors (Lipinski definition) is 5. The summed E-state index contributed by atoms with van der Waals surface area (Å²) in [5.74, 6) is 2.31. The summed E-state index contributed by atoms with van der Waals surface area (Å²) in [7, 11) is 0. The van der Waals surface area contributed by atoms with Crippen LogP contribution in [0, 0.1) is 22.5 Å². The van der Waals surface area contributed by atoms with E-state index >= 15 is 0 Å². The number of nitro groups is 1. The monoisotopic (exact) mass is 415 g/mol. The highest BCUT2D eigenvalue weighted by Gasteiger charge is 2.06. The van der Waals surface area contributed by atoms with Crippen LogP contribution < -0.4 is 4.74 Å². The van der Waals surface area contributed by atoms with E-state index in [9.17, 15) is 14.9 Å². The van der Waals surface area contributed by atoms with Gasteiger partial charge in [-0.2, -0.15) is 0 Å². The van der Waals surface area contributed by atoms with Crippen LogP contribution >= 0.6 is 15.9 Å². The minimum absolute atomic E-state index is 0.0341. The van der Waals surface area contributed by atoms with Crippen molar-refractivity contribution < 1.29 is 19.2 Å². The van der Waals surface area contributed by atoms with Crippen LogP contribution in [0.3, 0.4) is 0 Å². The van der Waals surface area contributed by atoms with Gasteiger partial charge < -0.3 is 9.47 Å². The minimum Gasteiger partial charge on any atom is -0.488 e. The predicted molar refractivity (Wildman–Crippen MR) is 100 cm³/mol. The van der Waals surface area contributed by atoms with Gasteiger partial charge in [0.2, 0.25) is 0 Å². The molecule has 0 spiro atoms. The van der Waals surface area contributed by atoms with Crippen molar-refractivity contribution in [1.29, 1.82) is 0 Å². The zero-order valence-electron chi connectivity index (χ0n) is 13.6. The van der Waals surface area contributed by atoms with E-state index in [1.54, 1.807) is 36.4 Å². The molecular formula is C19H14BrNO5. The Hall–Kier alpha value is -3.11. The van der Waals surface area contributed by atoms with E-state index in [1.165, 1.54) is 18.2 Å². The highest BCUT2D eigenvalue weighted by atomic mass is 79.9. The molecule has 7 heteroatoms. The van der Waals surface area contributed by atoms with Crippen LogP contribution in [0.5, 0.6) is 5.75 Å². The Balaban J connectivity index is 1.96. The maximum absolute atomic E-state index is 11.4. The molecule has 132 valence electrons. The molecule has 0 fully saturated rings. The Labute approximate surface area is 158 Å². The van der Waals surface area contributed by atoms with Gasteiger partial charge in [0.1, 0.15) is 12.4 Å². The summed E-state index contributed by atoms with van der Waals surface area (Å²) < 4.78 is 11.1. The first kappa shape index (κ1) is 19.2. The zero-order chi connectivity index (χ0) is 18.9. The second kappa shape index (κ2) is 9.39. The fraction of sp³-hybridized carbons (Fsp3) is 0.105. The van der Waals surface area contributed by atoms with Crippen molar-refractivity contribution in [2.45, 2.75) is 6.61 Å². The quantitative estimate of drug-likeness (QED) is 0.223. The lowest BCUT2D eigenvalue weighted by Crippen LogP contribution is -2.00. The van der Waals surface area contributed by atoms with Crippen LogP contribution in [0.15, 0.2) is 53.0 Å². The number of hydrogen-bond donors (Lipinski definition) is 0. The third kappa shape index (κ3) is 5.76. The molecule has 2 aromatic carbocycles. The molecule has 0 aliphatic carbocycles. The van der Waals surface area contributed by atoms with Crippen LogP contribution in [0.25, 0.3) is 6.08 Å². The molecule has 26 heavy (non-hydrogen) atoms. The largest absolute Gasteiger partial charge is 0.488 e. The van der Waals surface area contributed by atoms with Gasteiger partial charge in [-0.1, -0.05) is 12.0 Å². The van der Waals surface area contributed by atoms with E-state index < -0.39 is 10.9 Å². The van der Waals surface area contributed by atoms with E-state index in [2.05, 4.69) is 21.9 Å². The number of rotatable bonds is 7. The first-order valence-corrected chi connectivity index (χ1v) is 8.23. The van der Waals surface area contributed by atoms with Crippen molar-refractivity contribution in [1.82, 2.24) is 0 Å². The van der Waals surface area contributed by atoms with Crippen LogP contribution in [0.4, 0.5) is 5.69 Å². The SMILES string of the molecule is C#CCOC(=O)/C=C/c1ccc(OCc2ccc([N+](=O)[O-])cc2)c(Br)c1. The zero-order valence-corrected chi connectivity index (χ0v) is 15.1. The van der Waals surface area contributed by atoms with Crippen molar-refractivity contribution in [2.75, 3.05) is 6.61 Å². The summed E-state index contributed by atoms with van der Waals surface area (Å²) in [6.07, 6.45) is 7.90. The van der Waals surface area contributed by atoms with E-state index in [-0.39, 0.29) is 18.9 Å². The van der Waals surface area contributed by atoms with Gasteiger partial charge in [-0.25, -0.2) is 4.79 Å². The van der Waals surface area contributed by atoms with E-state index in [4.69, 9.17) is 15.9 Å². The molecule has 0 saturated carbocycles. The summed E-state index contributed by atoms with van der Waals surface area (Å²) in [4.78, 5) is 21.6. The minimum atomic E-state index is -0.516. The molecule has 0 aliphatic rings. The number of esters is 1. The molecule has 0 N–H and O–H groups in total. The molecule has 0 saturated heterocycles. The Kier molecular flexibility index (Phi) is 6.94. The second-order valence-corrected chi connectivity index (χ2v) is 5.90. The number of carbonyl (C=O) groups excluding carboxylic acids is 1. The van der Waals surface area contributed by atoms with Gasteiger partial charge in [-0.15, -0.1) is 6.42 Å². The topological polar surface area (TPSA) is 78.7 Å². The second-order valence-electron chi connectivity index (χ2n) is 5.05. The van der Waals surface area contributed by atoms with Gasteiger partial charge >= 0.3 is 5.97 Å². The molecule has 0 aromatic heterocycles. The fourth-order valence-electron chi connectivity index (χ4n) is 1.94. The van der Waals surface area contributed by atoms with Crippen molar-refractivity contribution in [2.24, 2.45) is 0 Å². The number of nitrogens with zero attached hydrogens (tertiary/aromatic N) is 1. The van der Waals surface area contributed by atoms with Gasteiger partial charge in [-0.05, 0) is 57.4 Å². The van der Waals surface area contributed by atoms with Crippen molar-refractivity contribution in [3.05, 3.63) is 74.3 Å². The van der Waals surface area contributed by atoms with Gasteiger partial charge in [-0.3, -0.25) is 10.1 Å². The smallest absolute Gasteiger partial charge is 0.331 e. The van der Waals surface area contributed by atoms with E-state index in [0.29, 0.717) is 10.2 Å². The normalized spacial score (nSPS) is 10.3. The van der Waals surface area contributed by atoms with Crippen LogP contribution in [0.1, 0.15) is 11.1 Å². The van der Waals surface area contributed by atoms with Gasteiger partial charge in [0.05, 0.1) is 9.40 Å². The lowest BCUT2D eigenvalue weighted by atomic mass is 10.2. The number of halogens is 1. The number of ether oxygens (including phenoxy) is 2. The Morgan fingerprint density at radius 3 is 2.62 bits per heavy atom. The summed E-state index contributed by atoms with van der Waals surface area (Å²) >= 11 is 3.41. The molecule has 0 heterocycles.